The summed E-state index contributed by atoms with van der Waals surface area (Å²) in [5.74, 6) is 8.37. The zero-order valence-electron chi connectivity index (χ0n) is 11.3. The molecule has 1 aromatic carbocycles. The molecule has 0 heterocycles. The molecule has 0 bridgehead atoms. The van der Waals surface area contributed by atoms with Gasteiger partial charge in [0.25, 0.3) is 0 Å². The molecule has 0 saturated carbocycles. The van der Waals surface area contributed by atoms with Gasteiger partial charge in [-0.3, -0.25) is 0 Å². The first-order valence-electron chi connectivity index (χ1n) is 6.34. The van der Waals surface area contributed by atoms with Gasteiger partial charge < -0.3 is 0 Å². The fourth-order valence-corrected chi connectivity index (χ4v) is 2.50. The van der Waals surface area contributed by atoms with E-state index >= 15 is 0 Å². The van der Waals surface area contributed by atoms with E-state index in [9.17, 15) is 0 Å². The maximum absolute atomic E-state index is 3.24. The van der Waals surface area contributed by atoms with Crippen molar-refractivity contribution >= 4 is 11.8 Å². The molecule has 17 heavy (non-hydrogen) atoms. The molecule has 0 N–H and O–H groups in total. The van der Waals surface area contributed by atoms with Gasteiger partial charge in [0.1, 0.15) is 0 Å². The van der Waals surface area contributed by atoms with Crippen molar-refractivity contribution < 1.29 is 0 Å². The lowest BCUT2D eigenvalue weighted by Gasteiger charge is -2.15. The fourth-order valence-electron chi connectivity index (χ4n) is 1.73. The number of hydrogen-bond donors (Lipinski definition) is 0. The number of hydrogen-bond acceptors (Lipinski definition) is 1. The Morgan fingerprint density at radius 3 is 2.35 bits per heavy atom. The van der Waals surface area contributed by atoms with Crippen LogP contribution in [0.3, 0.4) is 0 Å². The van der Waals surface area contributed by atoms with Gasteiger partial charge in [-0.2, -0.15) is 0 Å². The Balaban J connectivity index is 2.68. The SMILES string of the molecule is CC#CC(C)C(C)c1ccc(SCCC)cc1. The molecule has 1 heteroatoms. The first-order chi connectivity index (χ1) is 8.19. The van der Waals surface area contributed by atoms with E-state index in [2.05, 4.69) is 56.9 Å². The topological polar surface area (TPSA) is 0 Å². The van der Waals surface area contributed by atoms with Gasteiger partial charge in [0.2, 0.25) is 0 Å². The zero-order valence-corrected chi connectivity index (χ0v) is 12.1. The van der Waals surface area contributed by atoms with E-state index in [1.807, 2.05) is 18.7 Å². The molecule has 0 fully saturated rings. The normalized spacial score (nSPS) is 13.6. The van der Waals surface area contributed by atoms with Crippen LogP contribution < -0.4 is 0 Å². The minimum atomic E-state index is 0.425. The van der Waals surface area contributed by atoms with E-state index in [0.29, 0.717) is 11.8 Å². The van der Waals surface area contributed by atoms with Gasteiger partial charge in [-0.1, -0.05) is 38.8 Å². The highest BCUT2D eigenvalue weighted by Crippen LogP contribution is 2.26. The molecule has 0 radical (unpaired) electrons. The molecule has 1 rings (SSSR count). The summed E-state index contributed by atoms with van der Waals surface area (Å²) < 4.78 is 0. The lowest BCUT2D eigenvalue weighted by molar-refractivity contribution is 0.609. The van der Waals surface area contributed by atoms with Crippen LogP contribution in [0.15, 0.2) is 29.2 Å². The van der Waals surface area contributed by atoms with E-state index in [1.54, 1.807) is 0 Å². The maximum Gasteiger partial charge on any atom is 0.0240 e. The lowest BCUT2D eigenvalue weighted by Crippen LogP contribution is -2.03. The van der Waals surface area contributed by atoms with Crippen molar-refractivity contribution in [2.24, 2.45) is 5.92 Å². The molecule has 0 aromatic heterocycles. The molecule has 1 aromatic rings. The van der Waals surface area contributed by atoms with Crippen molar-refractivity contribution in [2.75, 3.05) is 5.75 Å². The summed E-state index contributed by atoms with van der Waals surface area (Å²) in [5, 5.41) is 0. The summed E-state index contributed by atoms with van der Waals surface area (Å²) in [6.45, 7) is 8.58. The average Bonchev–Trinajstić information content (AvgIpc) is 2.36. The zero-order chi connectivity index (χ0) is 12.7. The van der Waals surface area contributed by atoms with E-state index in [-0.39, 0.29) is 0 Å². The van der Waals surface area contributed by atoms with Crippen LogP contribution in [0.5, 0.6) is 0 Å². The van der Waals surface area contributed by atoms with Gasteiger partial charge in [-0.25, -0.2) is 0 Å². The van der Waals surface area contributed by atoms with Crippen molar-refractivity contribution in [3.63, 3.8) is 0 Å². The van der Waals surface area contributed by atoms with Gasteiger partial charge in [-0.15, -0.1) is 17.7 Å². The molecule has 0 nitrogen and oxygen atoms in total. The molecule has 0 aliphatic heterocycles. The van der Waals surface area contributed by atoms with E-state index in [4.69, 9.17) is 0 Å². The third kappa shape index (κ3) is 4.48. The van der Waals surface area contributed by atoms with Crippen LogP contribution >= 0.6 is 11.8 Å². The highest BCUT2D eigenvalue weighted by atomic mass is 32.2. The number of rotatable bonds is 5. The molecule has 2 atom stereocenters. The number of benzene rings is 1. The van der Waals surface area contributed by atoms with Gasteiger partial charge in [0.05, 0.1) is 0 Å². The average molecular weight is 246 g/mol. The van der Waals surface area contributed by atoms with Gasteiger partial charge in [0.15, 0.2) is 0 Å². The molecule has 92 valence electrons. The molecule has 0 amide bonds. The van der Waals surface area contributed by atoms with Crippen molar-refractivity contribution in [1.29, 1.82) is 0 Å². The highest BCUT2D eigenvalue weighted by Gasteiger charge is 2.11. The molecule has 0 aliphatic rings. The summed E-state index contributed by atoms with van der Waals surface area (Å²) in [4.78, 5) is 1.37. The molecular formula is C16H22S. The second-order valence-electron chi connectivity index (χ2n) is 4.39. The predicted molar refractivity (Wildman–Crippen MR) is 78.5 cm³/mol. The smallest absolute Gasteiger partial charge is 0.0240 e. The van der Waals surface area contributed by atoms with Gasteiger partial charge in [0, 0.05) is 10.8 Å². The Morgan fingerprint density at radius 2 is 1.82 bits per heavy atom. The van der Waals surface area contributed by atoms with Gasteiger partial charge in [-0.05, 0) is 42.7 Å². The van der Waals surface area contributed by atoms with Crippen LogP contribution in [-0.2, 0) is 0 Å². The van der Waals surface area contributed by atoms with E-state index in [0.717, 1.165) is 0 Å². The van der Waals surface area contributed by atoms with Crippen molar-refractivity contribution in [2.45, 2.75) is 44.9 Å². The number of thioether (sulfide) groups is 1. The lowest BCUT2D eigenvalue weighted by atomic mass is 9.89. The summed E-state index contributed by atoms with van der Waals surface area (Å²) >= 11 is 1.93. The van der Waals surface area contributed by atoms with Crippen molar-refractivity contribution in [3.05, 3.63) is 29.8 Å². The van der Waals surface area contributed by atoms with E-state index < -0.39 is 0 Å². The van der Waals surface area contributed by atoms with Crippen LogP contribution in [-0.4, -0.2) is 5.75 Å². The van der Waals surface area contributed by atoms with Crippen LogP contribution in [0.1, 0.15) is 45.6 Å². The van der Waals surface area contributed by atoms with E-state index in [1.165, 1.54) is 22.6 Å². The fraction of sp³-hybridized carbons (Fsp3) is 0.500. The highest BCUT2D eigenvalue weighted by molar-refractivity contribution is 7.99. The Kier molecular flexibility index (Phi) is 6.22. The first-order valence-corrected chi connectivity index (χ1v) is 7.32. The quantitative estimate of drug-likeness (QED) is 0.523. The van der Waals surface area contributed by atoms with Gasteiger partial charge >= 0.3 is 0 Å². The second-order valence-corrected chi connectivity index (χ2v) is 5.56. The predicted octanol–water partition coefficient (Wildman–Crippen LogP) is 4.95. The summed E-state index contributed by atoms with van der Waals surface area (Å²) in [6, 6.07) is 8.96. The molecule has 0 aliphatic carbocycles. The Morgan fingerprint density at radius 1 is 1.18 bits per heavy atom. The maximum atomic E-state index is 3.24. The third-order valence-electron chi connectivity index (χ3n) is 3.00. The largest absolute Gasteiger partial charge is 0.126 e. The molecule has 0 spiro atoms. The summed E-state index contributed by atoms with van der Waals surface area (Å²) in [7, 11) is 0. The third-order valence-corrected chi connectivity index (χ3v) is 4.22. The van der Waals surface area contributed by atoms with Crippen molar-refractivity contribution in [3.8, 4) is 11.8 Å². The van der Waals surface area contributed by atoms with Crippen LogP contribution in [0.25, 0.3) is 0 Å². The standard InChI is InChI=1S/C16H22S/c1-5-7-13(3)14(4)15-8-10-16(11-9-15)17-12-6-2/h8-11,13-14H,6,12H2,1-4H3. The van der Waals surface area contributed by atoms with Crippen LogP contribution in [0.2, 0.25) is 0 Å². The minimum absolute atomic E-state index is 0.425. The molecule has 2 unspecified atom stereocenters. The molecule has 0 saturated heterocycles. The Hall–Kier alpha value is -0.870. The summed E-state index contributed by atoms with van der Waals surface area (Å²) in [5.41, 5.74) is 1.39. The van der Waals surface area contributed by atoms with Crippen LogP contribution in [0, 0.1) is 17.8 Å². The second kappa shape index (κ2) is 7.45. The van der Waals surface area contributed by atoms with Crippen LogP contribution in [0.4, 0.5) is 0 Å². The van der Waals surface area contributed by atoms with Crippen molar-refractivity contribution in [1.82, 2.24) is 0 Å². The first kappa shape index (κ1) is 14.2. The minimum Gasteiger partial charge on any atom is -0.126 e. The Labute approximate surface area is 110 Å². The molecular weight excluding hydrogens is 224 g/mol. The monoisotopic (exact) mass is 246 g/mol. The summed E-state index contributed by atoms with van der Waals surface area (Å²) in [6.07, 6.45) is 1.23. The Bertz CT molecular complexity index is 380.